The van der Waals surface area contributed by atoms with Crippen molar-refractivity contribution in [1.82, 2.24) is 10.3 Å². The number of fused-ring (bicyclic) bond motifs is 1. The van der Waals surface area contributed by atoms with Gasteiger partial charge in [0.25, 0.3) is 0 Å². The van der Waals surface area contributed by atoms with Crippen molar-refractivity contribution in [3.8, 4) is 0 Å². The number of nitrogens with one attached hydrogen (secondary N) is 1. The average Bonchev–Trinajstić information content (AvgIpc) is 2.46. The standard InChI is InChI=1S/C7H11N3O/c8-3-7-10-5-4-9-2-1-6(5)11-7/h9H,1-4,8H2. The van der Waals surface area contributed by atoms with E-state index in [1.54, 1.807) is 0 Å². The Morgan fingerprint density at radius 1 is 1.64 bits per heavy atom. The first-order chi connectivity index (χ1) is 5.40. The van der Waals surface area contributed by atoms with Crippen molar-refractivity contribution in [2.45, 2.75) is 19.5 Å². The highest BCUT2D eigenvalue weighted by Gasteiger charge is 2.15. The lowest BCUT2D eigenvalue weighted by Crippen LogP contribution is -2.22. The Morgan fingerprint density at radius 2 is 2.55 bits per heavy atom. The summed E-state index contributed by atoms with van der Waals surface area (Å²) in [5.41, 5.74) is 6.41. The Balaban J connectivity index is 2.32. The summed E-state index contributed by atoms with van der Waals surface area (Å²) in [6, 6.07) is 0. The minimum atomic E-state index is 0.396. The second-order valence-corrected chi connectivity index (χ2v) is 2.61. The summed E-state index contributed by atoms with van der Waals surface area (Å²) < 4.78 is 5.38. The molecule has 4 nitrogen and oxygen atoms in total. The molecule has 0 aliphatic carbocycles. The number of oxazole rings is 1. The van der Waals surface area contributed by atoms with Crippen LogP contribution in [0.25, 0.3) is 0 Å². The van der Waals surface area contributed by atoms with Gasteiger partial charge in [-0.15, -0.1) is 0 Å². The Hall–Kier alpha value is -0.870. The Labute approximate surface area is 64.8 Å². The second-order valence-electron chi connectivity index (χ2n) is 2.61. The fourth-order valence-corrected chi connectivity index (χ4v) is 1.27. The number of rotatable bonds is 1. The fraction of sp³-hybridized carbons (Fsp3) is 0.571. The molecule has 2 heterocycles. The first-order valence-corrected chi connectivity index (χ1v) is 3.78. The summed E-state index contributed by atoms with van der Waals surface area (Å²) >= 11 is 0. The third-order valence-electron chi connectivity index (χ3n) is 1.82. The van der Waals surface area contributed by atoms with Crippen LogP contribution in [0.5, 0.6) is 0 Å². The van der Waals surface area contributed by atoms with Crippen molar-refractivity contribution in [3.05, 3.63) is 17.3 Å². The summed E-state index contributed by atoms with van der Waals surface area (Å²) in [5.74, 6) is 1.66. The van der Waals surface area contributed by atoms with Crippen molar-refractivity contribution in [3.63, 3.8) is 0 Å². The van der Waals surface area contributed by atoms with Crippen LogP contribution in [0.2, 0.25) is 0 Å². The zero-order chi connectivity index (χ0) is 7.68. The maximum atomic E-state index is 5.39. The second kappa shape index (κ2) is 2.64. The number of nitrogens with two attached hydrogens (primary N) is 1. The summed E-state index contributed by atoms with van der Waals surface area (Å²) in [5, 5.41) is 3.22. The third-order valence-corrected chi connectivity index (χ3v) is 1.82. The van der Waals surface area contributed by atoms with Crippen LogP contribution >= 0.6 is 0 Å². The fourth-order valence-electron chi connectivity index (χ4n) is 1.27. The molecule has 4 heteroatoms. The highest BCUT2D eigenvalue weighted by Crippen LogP contribution is 2.13. The van der Waals surface area contributed by atoms with Gasteiger partial charge in [-0.05, 0) is 0 Å². The Morgan fingerprint density at radius 3 is 3.27 bits per heavy atom. The van der Waals surface area contributed by atoms with Crippen LogP contribution in [-0.4, -0.2) is 11.5 Å². The molecule has 0 spiro atoms. The van der Waals surface area contributed by atoms with Crippen LogP contribution in [0, 0.1) is 0 Å². The topological polar surface area (TPSA) is 64.1 Å². The van der Waals surface area contributed by atoms with Crippen LogP contribution in [0.1, 0.15) is 17.3 Å². The molecule has 1 aromatic rings. The molecule has 0 saturated carbocycles. The molecule has 1 aliphatic rings. The van der Waals surface area contributed by atoms with Crippen molar-refractivity contribution >= 4 is 0 Å². The van der Waals surface area contributed by atoms with Gasteiger partial charge in [-0.2, -0.15) is 0 Å². The summed E-state index contributed by atoms with van der Waals surface area (Å²) in [6.07, 6.45) is 0.933. The molecule has 60 valence electrons. The van der Waals surface area contributed by atoms with Crippen molar-refractivity contribution in [2.24, 2.45) is 5.73 Å². The lowest BCUT2D eigenvalue weighted by molar-refractivity contribution is 0.440. The quantitative estimate of drug-likeness (QED) is 0.585. The van der Waals surface area contributed by atoms with Gasteiger partial charge in [0, 0.05) is 19.5 Å². The molecule has 0 saturated heterocycles. The molecule has 0 aromatic carbocycles. The van der Waals surface area contributed by atoms with Crippen LogP contribution in [-0.2, 0) is 19.5 Å². The van der Waals surface area contributed by atoms with Gasteiger partial charge >= 0.3 is 0 Å². The van der Waals surface area contributed by atoms with E-state index in [1.165, 1.54) is 0 Å². The lowest BCUT2D eigenvalue weighted by atomic mass is 10.2. The molecular formula is C7H11N3O. The van der Waals surface area contributed by atoms with Gasteiger partial charge in [0.1, 0.15) is 5.76 Å². The van der Waals surface area contributed by atoms with E-state index in [-0.39, 0.29) is 0 Å². The van der Waals surface area contributed by atoms with Gasteiger partial charge in [0.05, 0.1) is 12.2 Å². The van der Waals surface area contributed by atoms with Crippen LogP contribution in [0.3, 0.4) is 0 Å². The monoisotopic (exact) mass is 153 g/mol. The van der Waals surface area contributed by atoms with E-state index in [4.69, 9.17) is 10.2 Å². The molecular weight excluding hydrogens is 142 g/mol. The van der Waals surface area contributed by atoms with Gasteiger partial charge < -0.3 is 15.5 Å². The predicted molar refractivity (Wildman–Crippen MR) is 39.8 cm³/mol. The molecule has 0 atom stereocenters. The predicted octanol–water partition coefficient (Wildman–Crippen LogP) is -0.221. The normalized spacial score (nSPS) is 16.5. The Kier molecular flexibility index (Phi) is 1.63. The Bertz CT molecular complexity index is 233. The van der Waals surface area contributed by atoms with Crippen molar-refractivity contribution in [1.29, 1.82) is 0 Å². The largest absolute Gasteiger partial charge is 0.444 e. The minimum absolute atomic E-state index is 0.396. The molecule has 1 aromatic heterocycles. The first-order valence-electron chi connectivity index (χ1n) is 3.78. The van der Waals surface area contributed by atoms with Gasteiger partial charge in [-0.3, -0.25) is 0 Å². The smallest absolute Gasteiger partial charge is 0.208 e. The van der Waals surface area contributed by atoms with Gasteiger partial charge in [0.15, 0.2) is 0 Å². The third kappa shape index (κ3) is 1.15. The SMILES string of the molecule is NCc1nc2c(o1)CCNC2. The van der Waals surface area contributed by atoms with Gasteiger partial charge in [0.2, 0.25) is 5.89 Å². The highest BCUT2D eigenvalue weighted by molar-refractivity contribution is 5.12. The molecule has 0 unspecified atom stereocenters. The molecule has 3 N–H and O–H groups in total. The van der Waals surface area contributed by atoms with E-state index in [0.29, 0.717) is 12.4 Å². The minimum Gasteiger partial charge on any atom is -0.444 e. The van der Waals surface area contributed by atoms with E-state index in [9.17, 15) is 0 Å². The van der Waals surface area contributed by atoms with E-state index in [1.807, 2.05) is 0 Å². The van der Waals surface area contributed by atoms with Gasteiger partial charge in [-0.25, -0.2) is 4.98 Å². The van der Waals surface area contributed by atoms with E-state index in [2.05, 4.69) is 10.3 Å². The molecule has 1 aliphatic heterocycles. The lowest BCUT2D eigenvalue weighted by Gasteiger charge is -2.08. The zero-order valence-electron chi connectivity index (χ0n) is 6.26. The van der Waals surface area contributed by atoms with E-state index in [0.717, 1.165) is 31.0 Å². The van der Waals surface area contributed by atoms with Crippen molar-refractivity contribution in [2.75, 3.05) is 6.54 Å². The van der Waals surface area contributed by atoms with Crippen LogP contribution < -0.4 is 11.1 Å². The van der Waals surface area contributed by atoms with Crippen molar-refractivity contribution < 1.29 is 4.42 Å². The summed E-state index contributed by atoms with van der Waals surface area (Å²) in [6.45, 7) is 2.19. The number of nitrogens with zero attached hydrogens (tertiary/aromatic N) is 1. The molecule has 0 amide bonds. The van der Waals surface area contributed by atoms with Gasteiger partial charge in [-0.1, -0.05) is 0 Å². The first kappa shape index (κ1) is 6.82. The van der Waals surface area contributed by atoms with Crippen LogP contribution in [0.4, 0.5) is 0 Å². The molecule has 0 bridgehead atoms. The molecule has 11 heavy (non-hydrogen) atoms. The number of hydrogen-bond donors (Lipinski definition) is 2. The zero-order valence-corrected chi connectivity index (χ0v) is 6.26. The molecule has 0 fully saturated rings. The highest BCUT2D eigenvalue weighted by atomic mass is 16.4. The number of hydrogen-bond acceptors (Lipinski definition) is 4. The maximum Gasteiger partial charge on any atom is 0.208 e. The molecule has 0 radical (unpaired) electrons. The number of aromatic nitrogens is 1. The summed E-state index contributed by atoms with van der Waals surface area (Å²) in [4.78, 5) is 4.22. The molecule has 2 rings (SSSR count). The van der Waals surface area contributed by atoms with E-state index >= 15 is 0 Å². The average molecular weight is 153 g/mol. The maximum absolute atomic E-state index is 5.39. The van der Waals surface area contributed by atoms with E-state index < -0.39 is 0 Å². The van der Waals surface area contributed by atoms with Crippen LogP contribution in [0.15, 0.2) is 4.42 Å². The summed E-state index contributed by atoms with van der Waals surface area (Å²) in [7, 11) is 0.